The number of anilines is 1. The van der Waals surface area contributed by atoms with Crippen LogP contribution in [0.1, 0.15) is 35.3 Å². The lowest BCUT2D eigenvalue weighted by Gasteiger charge is -2.23. The Balaban J connectivity index is 1.30. The van der Waals surface area contributed by atoms with Crippen molar-refractivity contribution in [3.63, 3.8) is 0 Å². The standard InChI is InChI=1S/C29H33FN2O7/c1-29(2)23(18-25(39-29)26-22-8-7-21(30)17-24(22)32-28(26)35)19-3-5-20(6-4-19)27(34)31-9-11-36-13-15-38-16-14-37-12-10-33/h3-8,17-18,33H,9-16H2,1-2H3,(H,31,34)(H,32,35). The van der Waals surface area contributed by atoms with Crippen LogP contribution in [0.3, 0.4) is 0 Å². The Kier molecular flexibility index (Phi) is 9.47. The van der Waals surface area contributed by atoms with Crippen LogP contribution in [0.25, 0.3) is 11.1 Å². The minimum Gasteiger partial charge on any atom is -0.482 e. The number of halogens is 1. The van der Waals surface area contributed by atoms with Crippen molar-refractivity contribution in [2.24, 2.45) is 0 Å². The van der Waals surface area contributed by atoms with Gasteiger partial charge in [-0.05, 0) is 55.8 Å². The fourth-order valence-electron chi connectivity index (χ4n) is 4.35. The number of benzene rings is 2. The van der Waals surface area contributed by atoms with Gasteiger partial charge in [-0.1, -0.05) is 12.1 Å². The second-order valence-electron chi connectivity index (χ2n) is 9.45. The van der Waals surface area contributed by atoms with Gasteiger partial charge in [-0.15, -0.1) is 0 Å². The van der Waals surface area contributed by atoms with E-state index in [0.717, 1.165) is 11.1 Å². The van der Waals surface area contributed by atoms with Gasteiger partial charge in [0.15, 0.2) is 0 Å². The van der Waals surface area contributed by atoms with Gasteiger partial charge in [0, 0.05) is 23.2 Å². The third-order valence-corrected chi connectivity index (χ3v) is 6.23. The first-order valence-corrected chi connectivity index (χ1v) is 12.8. The van der Waals surface area contributed by atoms with Gasteiger partial charge in [-0.25, -0.2) is 4.39 Å². The van der Waals surface area contributed by atoms with Crippen LogP contribution >= 0.6 is 0 Å². The molecule has 2 heterocycles. The third-order valence-electron chi connectivity index (χ3n) is 6.23. The van der Waals surface area contributed by atoms with Gasteiger partial charge in [0.05, 0.1) is 57.5 Å². The van der Waals surface area contributed by atoms with Crippen LogP contribution < -0.4 is 10.6 Å². The number of fused-ring (bicyclic) bond motifs is 1. The molecule has 39 heavy (non-hydrogen) atoms. The molecule has 208 valence electrons. The summed E-state index contributed by atoms with van der Waals surface area (Å²) in [5.41, 5.74) is 2.88. The molecule has 0 aliphatic carbocycles. The fourth-order valence-corrected chi connectivity index (χ4v) is 4.35. The maximum absolute atomic E-state index is 13.6. The molecule has 9 nitrogen and oxygen atoms in total. The van der Waals surface area contributed by atoms with Gasteiger partial charge in [0.2, 0.25) is 0 Å². The van der Waals surface area contributed by atoms with Crippen molar-refractivity contribution in [1.82, 2.24) is 5.32 Å². The molecule has 0 fully saturated rings. The SMILES string of the molecule is CC1(C)OC(=C2C(=O)Nc3cc(F)ccc32)C=C1c1ccc(C(=O)NCCOCCOCCOCCO)cc1. The van der Waals surface area contributed by atoms with Crippen LogP contribution in [0.4, 0.5) is 10.1 Å². The molecule has 3 N–H and O–H groups in total. The van der Waals surface area contributed by atoms with E-state index in [-0.39, 0.29) is 18.4 Å². The van der Waals surface area contributed by atoms with Gasteiger partial charge in [0.25, 0.3) is 11.8 Å². The molecule has 2 aromatic carbocycles. The summed E-state index contributed by atoms with van der Waals surface area (Å²) in [6.07, 6.45) is 1.83. The fraction of sp³-hybridized carbons (Fsp3) is 0.379. The molecule has 0 radical (unpaired) electrons. The van der Waals surface area contributed by atoms with Crippen molar-refractivity contribution >= 4 is 28.6 Å². The molecule has 10 heteroatoms. The Morgan fingerprint density at radius 2 is 1.67 bits per heavy atom. The quantitative estimate of drug-likeness (QED) is 0.264. The van der Waals surface area contributed by atoms with Crippen LogP contribution in [-0.4, -0.2) is 75.3 Å². The summed E-state index contributed by atoms with van der Waals surface area (Å²) in [4.78, 5) is 25.2. The average molecular weight is 541 g/mol. The molecule has 0 unspecified atom stereocenters. The smallest absolute Gasteiger partial charge is 0.260 e. The van der Waals surface area contributed by atoms with Gasteiger partial charge < -0.3 is 34.7 Å². The molecular weight excluding hydrogens is 507 g/mol. The molecule has 0 saturated heterocycles. The Hall–Kier alpha value is -3.57. The number of aliphatic hydroxyl groups excluding tert-OH is 1. The summed E-state index contributed by atoms with van der Waals surface area (Å²) in [6.45, 7) is 6.48. The molecular formula is C29H33FN2O7. The van der Waals surface area contributed by atoms with E-state index in [0.29, 0.717) is 74.3 Å². The topological polar surface area (TPSA) is 115 Å². The number of ether oxygens (including phenoxy) is 4. The highest BCUT2D eigenvalue weighted by molar-refractivity contribution is 6.32. The molecule has 0 saturated carbocycles. The molecule has 2 amide bonds. The molecule has 2 aliphatic heterocycles. The summed E-state index contributed by atoms with van der Waals surface area (Å²) in [5.74, 6) is -0.567. The maximum Gasteiger partial charge on any atom is 0.260 e. The number of allylic oxidation sites excluding steroid dienone is 1. The number of hydrogen-bond donors (Lipinski definition) is 3. The Labute approximate surface area is 226 Å². The predicted octanol–water partition coefficient (Wildman–Crippen LogP) is 3.15. The van der Waals surface area contributed by atoms with Crippen molar-refractivity contribution in [2.45, 2.75) is 19.4 Å². The number of rotatable bonds is 13. The van der Waals surface area contributed by atoms with Gasteiger partial charge in [-0.2, -0.15) is 0 Å². The van der Waals surface area contributed by atoms with Crippen LogP contribution in [-0.2, 0) is 23.7 Å². The first kappa shape index (κ1) is 28.4. The Bertz CT molecular complexity index is 1250. The first-order valence-electron chi connectivity index (χ1n) is 12.8. The van der Waals surface area contributed by atoms with Crippen molar-refractivity contribution in [3.05, 3.63) is 76.8 Å². The van der Waals surface area contributed by atoms with Crippen LogP contribution in [0.2, 0.25) is 0 Å². The number of amides is 2. The molecule has 0 bridgehead atoms. The summed E-state index contributed by atoms with van der Waals surface area (Å²) >= 11 is 0. The van der Waals surface area contributed by atoms with Crippen molar-refractivity contribution in [3.8, 4) is 0 Å². The van der Waals surface area contributed by atoms with E-state index >= 15 is 0 Å². The summed E-state index contributed by atoms with van der Waals surface area (Å²) in [6, 6.07) is 11.3. The van der Waals surface area contributed by atoms with Gasteiger partial charge in [-0.3, -0.25) is 9.59 Å². The Morgan fingerprint density at radius 3 is 2.36 bits per heavy atom. The van der Waals surface area contributed by atoms with Crippen LogP contribution in [0.15, 0.2) is 54.3 Å². The zero-order valence-corrected chi connectivity index (χ0v) is 22.1. The zero-order valence-electron chi connectivity index (χ0n) is 22.1. The number of carbonyl (C=O) groups is 2. The van der Waals surface area contributed by atoms with Crippen molar-refractivity contribution < 1.29 is 38.0 Å². The number of carbonyl (C=O) groups excluding carboxylic acids is 2. The average Bonchev–Trinajstić information content (AvgIpc) is 3.40. The van der Waals surface area contributed by atoms with E-state index in [2.05, 4.69) is 10.6 Å². The van der Waals surface area contributed by atoms with Crippen LogP contribution in [0.5, 0.6) is 0 Å². The van der Waals surface area contributed by atoms with Gasteiger partial charge in [0.1, 0.15) is 17.2 Å². The molecule has 0 atom stereocenters. The lowest BCUT2D eigenvalue weighted by molar-refractivity contribution is -0.111. The lowest BCUT2D eigenvalue weighted by atomic mass is 9.91. The normalized spacial score (nSPS) is 17.4. The van der Waals surface area contributed by atoms with E-state index < -0.39 is 11.4 Å². The lowest BCUT2D eigenvalue weighted by Crippen LogP contribution is -2.27. The maximum atomic E-state index is 13.6. The minimum atomic E-state index is -0.720. The Morgan fingerprint density at radius 1 is 1.00 bits per heavy atom. The zero-order chi connectivity index (χ0) is 27.8. The highest BCUT2D eigenvalue weighted by atomic mass is 19.1. The minimum absolute atomic E-state index is 0.00859. The van der Waals surface area contributed by atoms with Gasteiger partial charge >= 0.3 is 0 Å². The third kappa shape index (κ3) is 7.10. The number of aliphatic hydroxyl groups is 1. The van der Waals surface area contributed by atoms with Crippen molar-refractivity contribution in [1.29, 1.82) is 0 Å². The second kappa shape index (κ2) is 13.0. The monoisotopic (exact) mass is 540 g/mol. The highest BCUT2D eigenvalue weighted by Crippen LogP contribution is 2.44. The first-order chi connectivity index (χ1) is 18.8. The molecule has 0 aromatic heterocycles. The molecule has 0 spiro atoms. The summed E-state index contributed by atoms with van der Waals surface area (Å²) < 4.78 is 35.7. The van der Waals surface area contributed by atoms with E-state index in [1.807, 2.05) is 32.1 Å². The van der Waals surface area contributed by atoms with E-state index in [9.17, 15) is 14.0 Å². The summed E-state index contributed by atoms with van der Waals surface area (Å²) in [7, 11) is 0. The second-order valence-corrected chi connectivity index (χ2v) is 9.45. The van der Waals surface area contributed by atoms with E-state index in [1.165, 1.54) is 12.1 Å². The van der Waals surface area contributed by atoms with E-state index in [4.69, 9.17) is 24.1 Å². The molecule has 2 aromatic rings. The molecule has 2 aliphatic rings. The summed E-state index contributed by atoms with van der Waals surface area (Å²) in [5, 5.41) is 14.1. The highest BCUT2D eigenvalue weighted by Gasteiger charge is 2.38. The van der Waals surface area contributed by atoms with Crippen LogP contribution in [0, 0.1) is 5.82 Å². The number of nitrogens with one attached hydrogen (secondary N) is 2. The largest absolute Gasteiger partial charge is 0.482 e. The van der Waals surface area contributed by atoms with Crippen molar-refractivity contribution in [2.75, 3.05) is 58.1 Å². The predicted molar refractivity (Wildman–Crippen MR) is 143 cm³/mol. The van der Waals surface area contributed by atoms with E-state index in [1.54, 1.807) is 18.2 Å². The number of hydrogen-bond acceptors (Lipinski definition) is 7. The molecule has 4 rings (SSSR count).